The summed E-state index contributed by atoms with van der Waals surface area (Å²) in [6.07, 6.45) is 3.42. The van der Waals surface area contributed by atoms with Crippen molar-refractivity contribution in [1.82, 2.24) is 15.6 Å². The zero-order valence-corrected chi connectivity index (χ0v) is 18.9. The van der Waals surface area contributed by atoms with Crippen LogP contribution in [-0.4, -0.2) is 15.2 Å². The molecule has 4 rings (SSSR count). The normalized spacial score (nSPS) is 11.5. The van der Waals surface area contributed by atoms with Crippen LogP contribution in [-0.2, 0) is 29.6 Å². The molecule has 0 bridgehead atoms. The van der Waals surface area contributed by atoms with Crippen molar-refractivity contribution < 1.29 is 9.00 Å². The summed E-state index contributed by atoms with van der Waals surface area (Å²) in [4.78, 5) is 16.9. The molecule has 33 heavy (non-hydrogen) atoms. The van der Waals surface area contributed by atoms with E-state index in [-0.39, 0.29) is 6.03 Å². The molecule has 0 saturated carbocycles. The minimum absolute atomic E-state index is 0.235. The molecule has 0 aliphatic heterocycles. The Labute approximate surface area is 196 Å². The van der Waals surface area contributed by atoms with Gasteiger partial charge in [0.25, 0.3) is 0 Å². The first-order chi connectivity index (χ1) is 16.2. The van der Waals surface area contributed by atoms with Gasteiger partial charge in [-0.25, -0.2) is 4.79 Å². The molecule has 4 aromatic rings. The first-order valence-electron chi connectivity index (χ1n) is 10.7. The van der Waals surface area contributed by atoms with Crippen molar-refractivity contribution in [3.05, 3.63) is 120 Å². The Morgan fingerprint density at radius 2 is 1.39 bits per heavy atom. The number of nitrogens with one attached hydrogen (secondary N) is 2. The predicted octanol–water partition coefficient (Wildman–Crippen LogP) is 5.06. The Morgan fingerprint density at radius 3 is 2.12 bits per heavy atom. The molecule has 1 atom stereocenters. The van der Waals surface area contributed by atoms with Crippen molar-refractivity contribution >= 4 is 16.8 Å². The summed E-state index contributed by atoms with van der Waals surface area (Å²) < 4.78 is 13.1. The molecule has 0 aliphatic rings. The van der Waals surface area contributed by atoms with E-state index in [0.29, 0.717) is 18.8 Å². The van der Waals surface area contributed by atoms with Gasteiger partial charge in [-0.15, -0.1) is 0 Å². The van der Waals surface area contributed by atoms with Crippen molar-refractivity contribution in [1.29, 1.82) is 0 Å². The van der Waals surface area contributed by atoms with E-state index in [4.69, 9.17) is 0 Å². The van der Waals surface area contributed by atoms with Crippen LogP contribution >= 0.6 is 0 Å². The van der Waals surface area contributed by atoms with Gasteiger partial charge in [-0.1, -0.05) is 78.9 Å². The van der Waals surface area contributed by atoms with E-state index in [1.165, 1.54) is 0 Å². The summed E-state index contributed by atoms with van der Waals surface area (Å²) in [7, 11) is -1.17. The van der Waals surface area contributed by atoms with E-state index >= 15 is 0 Å². The van der Waals surface area contributed by atoms with Crippen LogP contribution in [0.15, 0.2) is 108 Å². The summed E-state index contributed by atoms with van der Waals surface area (Å²) in [5.41, 5.74) is 4.96. The van der Waals surface area contributed by atoms with Crippen LogP contribution in [0, 0.1) is 0 Å². The fourth-order valence-electron chi connectivity index (χ4n) is 3.43. The van der Waals surface area contributed by atoms with Gasteiger partial charge in [0.15, 0.2) is 0 Å². The molecule has 0 spiro atoms. The molecule has 5 nitrogen and oxygen atoms in total. The predicted molar refractivity (Wildman–Crippen MR) is 132 cm³/mol. The second-order valence-electron chi connectivity index (χ2n) is 7.57. The zero-order chi connectivity index (χ0) is 22.9. The summed E-state index contributed by atoms with van der Waals surface area (Å²) in [6.45, 7) is 0.841. The van der Waals surface area contributed by atoms with E-state index in [0.717, 1.165) is 32.7 Å². The largest absolute Gasteiger partial charge is 0.334 e. The van der Waals surface area contributed by atoms with Crippen LogP contribution in [0.2, 0.25) is 0 Å². The number of pyridine rings is 1. The molecule has 1 aromatic heterocycles. The lowest BCUT2D eigenvalue weighted by atomic mass is 10.1. The van der Waals surface area contributed by atoms with Crippen LogP contribution in [0.1, 0.15) is 16.7 Å². The van der Waals surface area contributed by atoms with Gasteiger partial charge in [-0.05, 0) is 39.9 Å². The summed E-state index contributed by atoms with van der Waals surface area (Å²) >= 11 is 0. The number of hydrogen-bond acceptors (Lipinski definition) is 3. The maximum atomic E-state index is 13.1. The number of carbonyl (C=O) groups is 1. The molecule has 3 aromatic carbocycles. The highest BCUT2D eigenvalue weighted by Gasteiger charge is 2.12. The molecular formula is C27H25N3O2S. The van der Waals surface area contributed by atoms with Crippen molar-refractivity contribution in [3.63, 3.8) is 0 Å². The molecule has 0 aliphatic carbocycles. The average molecular weight is 456 g/mol. The van der Waals surface area contributed by atoms with Gasteiger partial charge >= 0.3 is 6.03 Å². The molecular weight excluding hydrogens is 430 g/mol. The third-order valence-electron chi connectivity index (χ3n) is 5.17. The maximum Gasteiger partial charge on any atom is 0.315 e. The molecule has 0 fully saturated rings. The minimum atomic E-state index is -1.17. The molecule has 6 heteroatoms. The molecule has 166 valence electrons. The van der Waals surface area contributed by atoms with Gasteiger partial charge in [0, 0.05) is 30.4 Å². The summed E-state index contributed by atoms with van der Waals surface area (Å²) in [5, 5.41) is 5.66. The Hall–Kier alpha value is -3.77. The quantitative estimate of drug-likeness (QED) is 0.390. The monoisotopic (exact) mass is 455 g/mol. The van der Waals surface area contributed by atoms with Gasteiger partial charge in [0.1, 0.15) is 0 Å². The highest BCUT2D eigenvalue weighted by molar-refractivity contribution is 7.84. The van der Waals surface area contributed by atoms with Gasteiger partial charge in [0.2, 0.25) is 0 Å². The fourth-order valence-corrected chi connectivity index (χ4v) is 4.75. The first kappa shape index (κ1) is 22.4. The maximum absolute atomic E-state index is 13.1. The molecule has 0 radical (unpaired) electrons. The van der Waals surface area contributed by atoms with Gasteiger partial charge in [-0.2, -0.15) is 0 Å². The SMILES string of the molecule is O=C(NCc1ccc(CS(=O)c2ccccc2-c2ccccc2)cc1)NCc1cccnc1. The van der Waals surface area contributed by atoms with E-state index < -0.39 is 10.8 Å². The lowest BCUT2D eigenvalue weighted by Gasteiger charge is -2.11. The number of urea groups is 1. The van der Waals surface area contributed by atoms with E-state index in [1.54, 1.807) is 12.4 Å². The lowest BCUT2D eigenvalue weighted by molar-refractivity contribution is 0.240. The van der Waals surface area contributed by atoms with Crippen LogP contribution in [0.4, 0.5) is 4.79 Å². The molecule has 1 heterocycles. The Kier molecular flexibility index (Phi) is 7.61. The minimum Gasteiger partial charge on any atom is -0.334 e. The smallest absolute Gasteiger partial charge is 0.315 e. The molecule has 2 amide bonds. The average Bonchev–Trinajstić information content (AvgIpc) is 2.88. The number of amides is 2. The molecule has 1 unspecified atom stereocenters. The Morgan fingerprint density at radius 1 is 0.727 bits per heavy atom. The highest BCUT2D eigenvalue weighted by Crippen LogP contribution is 2.27. The molecule has 2 N–H and O–H groups in total. The summed E-state index contributed by atoms with van der Waals surface area (Å²) in [6, 6.07) is 29.2. The lowest BCUT2D eigenvalue weighted by Crippen LogP contribution is -2.34. The second kappa shape index (κ2) is 11.2. The fraction of sp³-hybridized carbons (Fsp3) is 0.111. The van der Waals surface area contributed by atoms with Crippen molar-refractivity contribution in [2.45, 2.75) is 23.7 Å². The van der Waals surface area contributed by atoms with Gasteiger partial charge < -0.3 is 10.6 Å². The van der Waals surface area contributed by atoms with Crippen LogP contribution in [0.3, 0.4) is 0 Å². The number of carbonyl (C=O) groups excluding carboxylic acids is 1. The third kappa shape index (κ3) is 6.37. The molecule has 0 saturated heterocycles. The first-order valence-corrected chi connectivity index (χ1v) is 12.0. The van der Waals surface area contributed by atoms with Crippen LogP contribution in [0.25, 0.3) is 11.1 Å². The number of aromatic nitrogens is 1. The second-order valence-corrected chi connectivity index (χ2v) is 8.99. The van der Waals surface area contributed by atoms with E-state index in [1.807, 2.05) is 91.0 Å². The van der Waals surface area contributed by atoms with E-state index in [2.05, 4.69) is 15.6 Å². The Balaban J connectivity index is 1.32. The van der Waals surface area contributed by atoms with Crippen molar-refractivity contribution in [2.24, 2.45) is 0 Å². The number of hydrogen-bond donors (Lipinski definition) is 2. The summed E-state index contributed by atoms with van der Waals surface area (Å²) in [5.74, 6) is 0.434. The van der Waals surface area contributed by atoms with Gasteiger partial charge in [0.05, 0.1) is 16.6 Å². The number of rotatable bonds is 8. The standard InChI is InChI=1S/C27H25N3O2S/c31-27(30-19-23-7-6-16-28-17-23)29-18-21-12-14-22(15-13-21)20-33(32)26-11-5-4-10-25(26)24-8-2-1-3-9-24/h1-17H,18-20H2,(H2,29,30,31). The van der Waals surface area contributed by atoms with Crippen molar-refractivity contribution in [3.8, 4) is 11.1 Å². The van der Waals surface area contributed by atoms with Gasteiger partial charge in [-0.3, -0.25) is 9.19 Å². The topological polar surface area (TPSA) is 71.1 Å². The zero-order valence-electron chi connectivity index (χ0n) is 18.1. The van der Waals surface area contributed by atoms with Crippen molar-refractivity contribution in [2.75, 3.05) is 0 Å². The van der Waals surface area contributed by atoms with Crippen LogP contribution < -0.4 is 10.6 Å². The van der Waals surface area contributed by atoms with Crippen LogP contribution in [0.5, 0.6) is 0 Å². The van der Waals surface area contributed by atoms with E-state index in [9.17, 15) is 9.00 Å². The number of nitrogens with zero attached hydrogens (tertiary/aromatic N) is 1. The Bertz CT molecular complexity index is 1210. The highest BCUT2D eigenvalue weighted by atomic mass is 32.2. The third-order valence-corrected chi connectivity index (χ3v) is 6.61. The number of benzene rings is 3.